The molecule has 0 radical (unpaired) electrons. The first-order valence-corrected chi connectivity index (χ1v) is 5.41. The average molecular weight is 218 g/mol. The Hall–Kier alpha value is -1.62. The Kier molecular flexibility index (Phi) is 1.91. The molecule has 0 bridgehead atoms. The van der Waals surface area contributed by atoms with Crippen LogP contribution < -0.4 is 5.32 Å². The number of hydrogen-bond donors (Lipinski definition) is 1. The van der Waals surface area contributed by atoms with Gasteiger partial charge in [0.25, 0.3) is 0 Å². The van der Waals surface area contributed by atoms with E-state index in [4.69, 9.17) is 4.42 Å². The van der Waals surface area contributed by atoms with Crippen molar-refractivity contribution >= 4 is 0 Å². The van der Waals surface area contributed by atoms with Gasteiger partial charge in [-0.15, -0.1) is 0 Å². The smallest absolute Gasteiger partial charge is 0.323 e. The Morgan fingerprint density at radius 2 is 2.31 bits per heavy atom. The van der Waals surface area contributed by atoms with Gasteiger partial charge in [0.2, 0.25) is 0 Å². The number of rotatable bonds is 1. The molecule has 0 fully saturated rings. The summed E-state index contributed by atoms with van der Waals surface area (Å²) >= 11 is 0. The molecule has 1 aliphatic rings. The van der Waals surface area contributed by atoms with Gasteiger partial charge in [-0.3, -0.25) is 0 Å². The van der Waals surface area contributed by atoms with Crippen LogP contribution in [0.2, 0.25) is 0 Å². The van der Waals surface area contributed by atoms with E-state index in [2.05, 4.69) is 22.3 Å². The van der Waals surface area contributed by atoms with Gasteiger partial charge < -0.3 is 9.73 Å². The van der Waals surface area contributed by atoms with Gasteiger partial charge in [-0.05, 0) is 20.8 Å². The first-order valence-electron chi connectivity index (χ1n) is 5.41. The van der Waals surface area contributed by atoms with Crippen molar-refractivity contribution in [3.63, 3.8) is 0 Å². The third-order valence-corrected chi connectivity index (χ3v) is 3.08. The maximum Gasteiger partial charge on any atom is 0.323 e. The van der Waals surface area contributed by atoms with Gasteiger partial charge >= 0.3 is 6.01 Å². The number of hydrogen-bond acceptors (Lipinski definition) is 4. The molecule has 0 saturated heterocycles. The highest BCUT2D eigenvalue weighted by molar-refractivity contribution is 5.28. The molecule has 2 aromatic rings. The highest BCUT2D eigenvalue weighted by Crippen LogP contribution is 2.24. The highest BCUT2D eigenvalue weighted by atomic mass is 16.4. The molecule has 0 saturated carbocycles. The predicted octanol–water partition coefficient (Wildman–Crippen LogP) is 1.64. The molecular formula is C11H14N4O. The fourth-order valence-electron chi connectivity index (χ4n) is 1.93. The molecule has 1 atom stereocenters. The third-order valence-electron chi connectivity index (χ3n) is 3.08. The van der Waals surface area contributed by atoms with Crippen LogP contribution in [0.1, 0.15) is 35.7 Å². The quantitative estimate of drug-likeness (QED) is 0.790. The van der Waals surface area contributed by atoms with E-state index in [-0.39, 0.29) is 0 Å². The minimum Gasteiger partial charge on any atom is -0.427 e. The predicted molar refractivity (Wildman–Crippen MR) is 58.4 cm³/mol. The highest BCUT2D eigenvalue weighted by Gasteiger charge is 2.23. The van der Waals surface area contributed by atoms with Gasteiger partial charge in [0.05, 0.1) is 11.4 Å². The summed E-state index contributed by atoms with van der Waals surface area (Å²) in [6.45, 7) is 6.79. The zero-order valence-electron chi connectivity index (χ0n) is 9.61. The van der Waals surface area contributed by atoms with E-state index >= 15 is 0 Å². The second-order valence-corrected chi connectivity index (χ2v) is 4.22. The van der Waals surface area contributed by atoms with Crippen LogP contribution in [-0.2, 0) is 6.54 Å². The molecule has 1 N–H and O–H groups in total. The molecular weight excluding hydrogens is 204 g/mol. The lowest BCUT2D eigenvalue weighted by Gasteiger charge is -2.00. The summed E-state index contributed by atoms with van der Waals surface area (Å²) in [5.74, 6) is 0.844. The number of nitrogens with one attached hydrogen (secondary N) is 1. The molecule has 5 nitrogen and oxygen atoms in total. The molecule has 0 aromatic carbocycles. The lowest BCUT2D eigenvalue weighted by molar-refractivity contribution is 0.482. The van der Waals surface area contributed by atoms with E-state index in [0.29, 0.717) is 12.1 Å². The van der Waals surface area contributed by atoms with Crippen molar-refractivity contribution < 1.29 is 4.42 Å². The number of nitrogens with zero attached hydrogens (tertiary/aromatic N) is 3. The van der Waals surface area contributed by atoms with Crippen LogP contribution >= 0.6 is 0 Å². The normalized spacial score (nSPS) is 19.1. The summed E-state index contributed by atoms with van der Waals surface area (Å²) in [5.41, 5.74) is 3.23. The van der Waals surface area contributed by atoms with Crippen LogP contribution in [0.5, 0.6) is 0 Å². The number of fused-ring (bicyclic) bond motifs is 1. The lowest BCUT2D eigenvalue weighted by atomic mass is 10.2. The molecule has 5 heteroatoms. The molecule has 84 valence electrons. The van der Waals surface area contributed by atoms with Crippen LogP contribution in [0.4, 0.5) is 0 Å². The zero-order chi connectivity index (χ0) is 11.3. The Morgan fingerprint density at radius 3 is 2.94 bits per heavy atom. The Bertz CT molecular complexity index is 521. The summed E-state index contributed by atoms with van der Waals surface area (Å²) in [5, 5.41) is 7.80. The van der Waals surface area contributed by atoms with E-state index in [0.717, 1.165) is 23.7 Å². The first kappa shape index (κ1) is 9.59. The van der Waals surface area contributed by atoms with E-state index in [1.54, 1.807) is 4.68 Å². The number of oxazole rings is 1. The Labute approximate surface area is 93.5 Å². The molecule has 16 heavy (non-hydrogen) atoms. The maximum absolute atomic E-state index is 5.54. The van der Waals surface area contributed by atoms with E-state index in [1.165, 1.54) is 5.56 Å². The Morgan fingerprint density at radius 1 is 1.50 bits per heavy atom. The van der Waals surface area contributed by atoms with Crippen molar-refractivity contribution in [1.29, 1.82) is 0 Å². The second kappa shape index (κ2) is 3.18. The molecule has 3 rings (SSSR count). The zero-order valence-corrected chi connectivity index (χ0v) is 9.61. The van der Waals surface area contributed by atoms with Gasteiger partial charge in [0.1, 0.15) is 5.76 Å². The van der Waals surface area contributed by atoms with E-state index in [1.807, 2.05) is 20.0 Å². The van der Waals surface area contributed by atoms with Crippen molar-refractivity contribution in [2.24, 2.45) is 0 Å². The SMILES string of the molecule is Cc1nc(-n2cc3c(n2)CNC3C)oc1C. The fourth-order valence-corrected chi connectivity index (χ4v) is 1.93. The minimum atomic E-state index is 0.362. The monoisotopic (exact) mass is 218 g/mol. The van der Waals surface area contributed by atoms with Crippen LogP contribution in [-0.4, -0.2) is 14.8 Å². The molecule has 2 aromatic heterocycles. The van der Waals surface area contributed by atoms with Gasteiger partial charge in [-0.1, -0.05) is 0 Å². The summed E-state index contributed by atoms with van der Waals surface area (Å²) in [4.78, 5) is 4.33. The molecule has 1 unspecified atom stereocenters. The van der Waals surface area contributed by atoms with Crippen molar-refractivity contribution in [2.45, 2.75) is 33.4 Å². The third kappa shape index (κ3) is 1.28. The van der Waals surface area contributed by atoms with E-state index in [9.17, 15) is 0 Å². The number of aryl methyl sites for hydroxylation is 2. The van der Waals surface area contributed by atoms with Crippen LogP contribution in [0.3, 0.4) is 0 Å². The lowest BCUT2D eigenvalue weighted by Crippen LogP contribution is -2.09. The summed E-state index contributed by atoms with van der Waals surface area (Å²) < 4.78 is 7.27. The molecule has 0 aliphatic carbocycles. The molecule has 3 heterocycles. The van der Waals surface area contributed by atoms with Gasteiger partial charge in [0.15, 0.2) is 0 Å². The second-order valence-electron chi connectivity index (χ2n) is 4.22. The maximum atomic E-state index is 5.54. The van der Waals surface area contributed by atoms with Crippen molar-refractivity contribution in [3.8, 4) is 6.01 Å². The average Bonchev–Trinajstić information content (AvgIpc) is 2.87. The summed E-state index contributed by atoms with van der Waals surface area (Å²) in [6.07, 6.45) is 1.99. The summed E-state index contributed by atoms with van der Waals surface area (Å²) in [6, 6.07) is 0.914. The summed E-state index contributed by atoms with van der Waals surface area (Å²) in [7, 11) is 0. The van der Waals surface area contributed by atoms with Crippen LogP contribution in [0, 0.1) is 13.8 Å². The molecule has 0 spiro atoms. The fraction of sp³-hybridized carbons (Fsp3) is 0.455. The van der Waals surface area contributed by atoms with Crippen molar-refractivity contribution in [1.82, 2.24) is 20.1 Å². The van der Waals surface area contributed by atoms with Gasteiger partial charge in [0, 0.05) is 24.3 Å². The first-order chi connectivity index (χ1) is 7.65. The Balaban J connectivity index is 2.05. The van der Waals surface area contributed by atoms with E-state index < -0.39 is 0 Å². The molecule has 0 amide bonds. The minimum absolute atomic E-state index is 0.362. The number of aromatic nitrogens is 3. The van der Waals surface area contributed by atoms with Crippen molar-refractivity contribution in [2.75, 3.05) is 0 Å². The van der Waals surface area contributed by atoms with Gasteiger partial charge in [-0.25, -0.2) is 0 Å². The van der Waals surface area contributed by atoms with Crippen LogP contribution in [0.25, 0.3) is 6.01 Å². The molecule has 1 aliphatic heterocycles. The standard InChI is InChI=1S/C11H14N4O/c1-6-8(3)16-11(13-6)15-5-9-7(2)12-4-10(9)14-15/h5,7,12H,4H2,1-3H3. The topological polar surface area (TPSA) is 55.9 Å². The van der Waals surface area contributed by atoms with Crippen molar-refractivity contribution in [3.05, 3.63) is 28.9 Å². The van der Waals surface area contributed by atoms with Gasteiger partial charge in [-0.2, -0.15) is 14.8 Å². The largest absolute Gasteiger partial charge is 0.427 e. The van der Waals surface area contributed by atoms with Crippen LogP contribution in [0.15, 0.2) is 10.6 Å².